The minimum Gasteiger partial charge on any atom is -0.340 e. The van der Waals surface area contributed by atoms with Gasteiger partial charge in [-0.25, -0.2) is 12.8 Å². The molecule has 1 aliphatic carbocycles. The first-order valence-electron chi connectivity index (χ1n) is 7.44. The average Bonchev–Trinajstić information content (AvgIpc) is 3.24. The quantitative estimate of drug-likeness (QED) is 0.842. The zero-order valence-corrected chi connectivity index (χ0v) is 13.2. The van der Waals surface area contributed by atoms with Crippen molar-refractivity contribution in [2.24, 2.45) is 11.8 Å². The standard InChI is InChI=1S/C15H19FN2O3S/c1-11-10-12(11)15(19)17-6-8-18(9-7-17)22(20,21)14-5-3-2-4-13(14)16/h2-5,11-12H,6-10H2,1H3/t11-,12+/m1/s1. The number of halogens is 1. The predicted octanol–water partition coefficient (Wildman–Crippen LogP) is 1.31. The minimum absolute atomic E-state index is 0.106. The van der Waals surface area contributed by atoms with E-state index in [2.05, 4.69) is 0 Å². The fraction of sp³-hybridized carbons (Fsp3) is 0.533. The van der Waals surface area contributed by atoms with Crippen molar-refractivity contribution in [1.29, 1.82) is 0 Å². The van der Waals surface area contributed by atoms with Gasteiger partial charge in [-0.3, -0.25) is 4.79 Å². The molecule has 120 valence electrons. The average molecular weight is 326 g/mol. The summed E-state index contributed by atoms with van der Waals surface area (Å²) in [5, 5.41) is 0. The third kappa shape index (κ3) is 2.75. The van der Waals surface area contributed by atoms with E-state index in [-0.39, 0.29) is 29.8 Å². The number of hydrogen-bond acceptors (Lipinski definition) is 3. The fourth-order valence-corrected chi connectivity index (χ4v) is 4.33. The Balaban J connectivity index is 1.68. The highest BCUT2D eigenvalue weighted by molar-refractivity contribution is 7.89. The van der Waals surface area contributed by atoms with Crippen molar-refractivity contribution < 1.29 is 17.6 Å². The molecule has 22 heavy (non-hydrogen) atoms. The van der Waals surface area contributed by atoms with E-state index in [1.165, 1.54) is 22.5 Å². The number of nitrogens with zero attached hydrogens (tertiary/aromatic N) is 2. The van der Waals surface area contributed by atoms with Gasteiger partial charge in [0.15, 0.2) is 0 Å². The Labute approximate surface area is 129 Å². The number of piperazine rings is 1. The fourth-order valence-electron chi connectivity index (χ4n) is 2.84. The summed E-state index contributed by atoms with van der Waals surface area (Å²) >= 11 is 0. The van der Waals surface area contributed by atoms with Crippen molar-refractivity contribution in [1.82, 2.24) is 9.21 Å². The molecule has 2 fully saturated rings. The van der Waals surface area contributed by atoms with Crippen molar-refractivity contribution in [3.63, 3.8) is 0 Å². The molecular weight excluding hydrogens is 307 g/mol. The normalized spacial score (nSPS) is 26.0. The van der Waals surface area contributed by atoms with Gasteiger partial charge >= 0.3 is 0 Å². The number of sulfonamides is 1. The topological polar surface area (TPSA) is 57.7 Å². The van der Waals surface area contributed by atoms with Crippen LogP contribution >= 0.6 is 0 Å². The molecule has 1 saturated heterocycles. The Morgan fingerprint density at radius 3 is 2.32 bits per heavy atom. The summed E-state index contributed by atoms with van der Waals surface area (Å²) < 4.78 is 39.9. The van der Waals surface area contributed by atoms with Crippen LogP contribution in [0.3, 0.4) is 0 Å². The van der Waals surface area contributed by atoms with E-state index in [0.717, 1.165) is 12.5 Å². The maximum absolute atomic E-state index is 13.7. The van der Waals surface area contributed by atoms with Crippen LogP contribution in [0.2, 0.25) is 0 Å². The molecule has 7 heteroatoms. The van der Waals surface area contributed by atoms with E-state index in [9.17, 15) is 17.6 Å². The summed E-state index contributed by atoms with van der Waals surface area (Å²) in [6, 6.07) is 5.38. The van der Waals surface area contributed by atoms with Crippen molar-refractivity contribution in [3.05, 3.63) is 30.1 Å². The number of rotatable bonds is 3. The molecule has 5 nitrogen and oxygen atoms in total. The Hall–Kier alpha value is -1.47. The largest absolute Gasteiger partial charge is 0.340 e. The molecule has 2 atom stereocenters. The van der Waals surface area contributed by atoms with E-state index in [4.69, 9.17) is 0 Å². The predicted molar refractivity (Wildman–Crippen MR) is 79.0 cm³/mol. The summed E-state index contributed by atoms with van der Waals surface area (Å²) in [5.41, 5.74) is 0. The number of carbonyl (C=O) groups is 1. The van der Waals surface area contributed by atoms with Crippen molar-refractivity contribution >= 4 is 15.9 Å². The van der Waals surface area contributed by atoms with E-state index >= 15 is 0 Å². The zero-order chi connectivity index (χ0) is 15.9. The van der Waals surface area contributed by atoms with E-state index in [1.807, 2.05) is 6.92 Å². The van der Waals surface area contributed by atoms with E-state index in [1.54, 1.807) is 4.90 Å². The lowest BCUT2D eigenvalue weighted by molar-refractivity contribution is -0.134. The molecule has 1 heterocycles. The maximum atomic E-state index is 13.7. The first-order valence-corrected chi connectivity index (χ1v) is 8.88. The first-order chi connectivity index (χ1) is 10.4. The van der Waals surface area contributed by atoms with Crippen LogP contribution in [0, 0.1) is 17.7 Å². The van der Waals surface area contributed by atoms with Gasteiger partial charge in [0.2, 0.25) is 15.9 Å². The number of carbonyl (C=O) groups excluding carboxylic acids is 1. The van der Waals surface area contributed by atoms with Gasteiger partial charge in [-0.2, -0.15) is 4.31 Å². The Bertz CT molecular complexity index is 684. The maximum Gasteiger partial charge on any atom is 0.246 e. The highest BCUT2D eigenvalue weighted by atomic mass is 32.2. The van der Waals surface area contributed by atoms with Gasteiger partial charge in [0.05, 0.1) is 0 Å². The van der Waals surface area contributed by atoms with Gasteiger partial charge in [0.1, 0.15) is 10.7 Å². The second kappa shape index (κ2) is 5.62. The Morgan fingerprint density at radius 1 is 1.18 bits per heavy atom. The third-order valence-electron chi connectivity index (χ3n) is 4.43. The highest BCUT2D eigenvalue weighted by Crippen LogP contribution is 2.39. The van der Waals surface area contributed by atoms with Crippen LogP contribution in [-0.4, -0.2) is 49.7 Å². The summed E-state index contributed by atoms with van der Waals surface area (Å²) in [6.45, 7) is 3.21. The Morgan fingerprint density at radius 2 is 1.77 bits per heavy atom. The van der Waals surface area contributed by atoms with Gasteiger partial charge in [-0.1, -0.05) is 19.1 Å². The molecule has 0 bridgehead atoms. The van der Waals surface area contributed by atoms with E-state index < -0.39 is 15.8 Å². The summed E-state index contributed by atoms with van der Waals surface area (Å²) in [4.78, 5) is 13.6. The molecule has 0 N–H and O–H groups in total. The summed E-state index contributed by atoms with van der Waals surface area (Å²) in [6.07, 6.45) is 0.923. The lowest BCUT2D eigenvalue weighted by Gasteiger charge is -2.34. The molecule has 0 radical (unpaired) electrons. The Kier molecular flexibility index (Phi) is 3.94. The van der Waals surface area contributed by atoms with Crippen molar-refractivity contribution in [2.45, 2.75) is 18.2 Å². The van der Waals surface area contributed by atoms with Gasteiger partial charge in [0, 0.05) is 32.1 Å². The molecule has 1 aromatic rings. The van der Waals surface area contributed by atoms with Crippen LogP contribution in [-0.2, 0) is 14.8 Å². The minimum atomic E-state index is -3.84. The van der Waals surface area contributed by atoms with Gasteiger partial charge in [-0.15, -0.1) is 0 Å². The zero-order valence-electron chi connectivity index (χ0n) is 12.4. The second-order valence-corrected chi connectivity index (χ2v) is 7.89. The van der Waals surface area contributed by atoms with Gasteiger partial charge in [0.25, 0.3) is 0 Å². The van der Waals surface area contributed by atoms with Crippen LogP contribution in [0.5, 0.6) is 0 Å². The molecule has 1 aromatic carbocycles. The molecule has 0 unspecified atom stereocenters. The molecule has 0 aromatic heterocycles. The molecule has 0 spiro atoms. The van der Waals surface area contributed by atoms with Crippen LogP contribution in [0.15, 0.2) is 29.2 Å². The number of benzene rings is 1. The highest BCUT2D eigenvalue weighted by Gasteiger charge is 2.42. The molecular formula is C15H19FN2O3S. The van der Waals surface area contributed by atoms with Crippen LogP contribution in [0.25, 0.3) is 0 Å². The summed E-state index contributed by atoms with van der Waals surface area (Å²) in [7, 11) is -3.84. The monoisotopic (exact) mass is 326 g/mol. The molecule has 2 aliphatic rings. The van der Waals surface area contributed by atoms with Crippen LogP contribution in [0.4, 0.5) is 4.39 Å². The van der Waals surface area contributed by atoms with Crippen molar-refractivity contribution in [2.75, 3.05) is 26.2 Å². The van der Waals surface area contributed by atoms with Gasteiger partial charge < -0.3 is 4.90 Å². The smallest absolute Gasteiger partial charge is 0.246 e. The van der Waals surface area contributed by atoms with Gasteiger partial charge in [-0.05, 0) is 24.5 Å². The number of hydrogen-bond donors (Lipinski definition) is 0. The van der Waals surface area contributed by atoms with Crippen LogP contribution in [0.1, 0.15) is 13.3 Å². The van der Waals surface area contributed by atoms with Crippen LogP contribution < -0.4 is 0 Å². The third-order valence-corrected chi connectivity index (χ3v) is 6.36. The van der Waals surface area contributed by atoms with Crippen molar-refractivity contribution in [3.8, 4) is 0 Å². The van der Waals surface area contributed by atoms with E-state index in [0.29, 0.717) is 19.0 Å². The first kappa shape index (κ1) is 15.4. The molecule has 1 aliphatic heterocycles. The molecule has 1 amide bonds. The lowest BCUT2D eigenvalue weighted by Crippen LogP contribution is -2.51. The number of amides is 1. The molecule has 3 rings (SSSR count). The second-order valence-electron chi connectivity index (χ2n) is 5.98. The lowest BCUT2D eigenvalue weighted by atomic mass is 10.2. The molecule has 1 saturated carbocycles. The summed E-state index contributed by atoms with van der Waals surface area (Å²) in [5.74, 6) is -0.0781. The SMILES string of the molecule is C[C@@H]1C[C@@H]1C(=O)N1CCN(S(=O)(=O)c2ccccc2F)CC1.